The highest BCUT2D eigenvalue weighted by Crippen LogP contribution is 2.77. The van der Waals surface area contributed by atoms with Crippen molar-refractivity contribution >= 4 is 6.09 Å². The number of ether oxygens (including phenoxy) is 1. The van der Waals surface area contributed by atoms with Gasteiger partial charge in [-0.2, -0.15) is 0 Å². The van der Waals surface area contributed by atoms with Crippen molar-refractivity contribution in [2.75, 3.05) is 6.61 Å². The largest absolute Gasteiger partial charge is 0.448 e. The minimum atomic E-state index is -0.292. The van der Waals surface area contributed by atoms with Gasteiger partial charge < -0.3 is 9.84 Å². The molecular weight excluding hydrogens is 496 g/mol. The van der Waals surface area contributed by atoms with Crippen molar-refractivity contribution < 1.29 is 14.6 Å². The van der Waals surface area contributed by atoms with Gasteiger partial charge in [0.1, 0.15) is 5.82 Å². The molecule has 1 unspecified atom stereocenters. The summed E-state index contributed by atoms with van der Waals surface area (Å²) in [6, 6.07) is 0. The van der Waals surface area contributed by atoms with E-state index in [1.807, 2.05) is 6.92 Å². The Bertz CT molecular complexity index is 1190. The van der Waals surface area contributed by atoms with Crippen molar-refractivity contribution in [1.29, 1.82) is 0 Å². The van der Waals surface area contributed by atoms with Crippen molar-refractivity contribution in [3.63, 3.8) is 0 Å². The molecule has 0 radical (unpaired) electrons. The Kier molecular flexibility index (Phi) is 6.55. The first kappa shape index (κ1) is 28.5. The van der Waals surface area contributed by atoms with Gasteiger partial charge in [-0.1, -0.05) is 46.8 Å². The normalized spacial score (nSPS) is 47.4. The highest BCUT2D eigenvalue weighted by atomic mass is 16.5. The molecule has 1 aromatic heterocycles. The summed E-state index contributed by atoms with van der Waals surface area (Å²) >= 11 is 0. The molecule has 1 aromatic rings. The van der Waals surface area contributed by atoms with E-state index in [0.717, 1.165) is 25.7 Å². The van der Waals surface area contributed by atoms with Gasteiger partial charge in [-0.05, 0) is 129 Å². The molecule has 5 aliphatic rings. The molecule has 5 fully saturated rings. The Morgan fingerprint density at radius 1 is 1.00 bits per heavy atom. The summed E-state index contributed by atoms with van der Waals surface area (Å²) in [5, 5.41) is 11.0. The van der Waals surface area contributed by atoms with E-state index in [4.69, 9.17) is 4.74 Å². The quantitative estimate of drug-likeness (QED) is 0.385. The second-order valence-electron chi connectivity index (χ2n) is 16.3. The maximum atomic E-state index is 13.1. The predicted molar refractivity (Wildman–Crippen MR) is 159 cm³/mol. The van der Waals surface area contributed by atoms with E-state index in [0.29, 0.717) is 52.9 Å². The number of carbonyl (C=O) groups excluding carboxylic acids is 1. The SMILES string of the molecule is C=C(C)[C@@H]1CC[C@]2(COC(=O)n3ccnc3C)CC[C@]3(C)[C@H](CCC4[C@@]5(C)CC[C@H](O)C(C)(C)[C@@H]5CC[C@]43C)[C@@H]12. The lowest BCUT2D eigenvalue weighted by Gasteiger charge is -2.73. The maximum absolute atomic E-state index is 13.1. The smallest absolute Gasteiger partial charge is 0.419 e. The first-order valence-electron chi connectivity index (χ1n) is 16.2. The second kappa shape index (κ2) is 9.19. The highest BCUT2D eigenvalue weighted by Gasteiger charge is 2.71. The number of hydrogen-bond donors (Lipinski definition) is 1. The van der Waals surface area contributed by atoms with Crippen LogP contribution in [-0.4, -0.2) is 33.5 Å². The van der Waals surface area contributed by atoms with Crippen molar-refractivity contribution in [3.05, 3.63) is 30.4 Å². The molecule has 0 amide bonds. The Balaban J connectivity index is 1.32. The van der Waals surface area contributed by atoms with Crippen molar-refractivity contribution in [1.82, 2.24) is 9.55 Å². The van der Waals surface area contributed by atoms with E-state index in [-0.39, 0.29) is 28.4 Å². The number of nitrogens with zero attached hydrogens (tertiary/aromatic N) is 2. The average Bonchev–Trinajstić information content (AvgIpc) is 3.50. The molecule has 5 heteroatoms. The number of hydrogen-bond acceptors (Lipinski definition) is 4. The molecule has 10 atom stereocenters. The lowest BCUT2D eigenvalue weighted by atomic mass is 9.32. The standard InChI is InChI=1S/C35H54N2O3/c1-22(2)24-11-16-35(21-40-30(39)37-20-19-36-23(37)3)18-17-33(7)25(29(24)35)9-10-27-32(6)14-13-28(38)31(4,5)26(32)12-15-34(27,33)8/h19-20,24-29,38H,1,9-18,21H2,2-8H3/t24-,25+,26-,27?,28-,29+,32-,33+,34+,35+/m0/s1. The predicted octanol–water partition coefficient (Wildman–Crippen LogP) is 8.19. The molecule has 0 aliphatic heterocycles. The highest BCUT2D eigenvalue weighted by molar-refractivity contribution is 5.71. The van der Waals surface area contributed by atoms with E-state index in [2.05, 4.69) is 53.1 Å². The van der Waals surface area contributed by atoms with E-state index in [1.54, 1.807) is 12.4 Å². The summed E-state index contributed by atoms with van der Waals surface area (Å²) in [7, 11) is 0. The van der Waals surface area contributed by atoms with E-state index in [9.17, 15) is 9.90 Å². The molecule has 40 heavy (non-hydrogen) atoms. The third-order valence-electron chi connectivity index (χ3n) is 14.7. The van der Waals surface area contributed by atoms with Crippen LogP contribution in [-0.2, 0) is 4.74 Å². The van der Waals surface area contributed by atoms with Crippen molar-refractivity contribution in [3.8, 4) is 0 Å². The summed E-state index contributed by atoms with van der Waals surface area (Å²) in [4.78, 5) is 17.3. The molecule has 1 heterocycles. The lowest BCUT2D eigenvalue weighted by Crippen LogP contribution is -2.66. The topological polar surface area (TPSA) is 64.4 Å². The molecule has 0 bridgehead atoms. The van der Waals surface area contributed by atoms with Gasteiger partial charge in [-0.15, -0.1) is 0 Å². The third-order valence-corrected chi connectivity index (χ3v) is 14.7. The molecule has 6 rings (SSSR count). The van der Waals surface area contributed by atoms with Gasteiger partial charge in [0.05, 0.1) is 12.7 Å². The van der Waals surface area contributed by atoms with Crippen LogP contribution in [0.25, 0.3) is 0 Å². The van der Waals surface area contributed by atoms with Gasteiger partial charge >= 0.3 is 6.09 Å². The molecule has 0 saturated heterocycles. The molecule has 222 valence electrons. The number of aromatic nitrogens is 2. The Hall–Kier alpha value is -1.62. The van der Waals surface area contributed by atoms with Crippen LogP contribution in [0.4, 0.5) is 4.79 Å². The molecule has 5 nitrogen and oxygen atoms in total. The van der Waals surface area contributed by atoms with Gasteiger partial charge in [-0.3, -0.25) is 0 Å². The minimum absolute atomic E-state index is 0.0121. The summed E-state index contributed by atoms with van der Waals surface area (Å²) in [6.45, 7) is 21.7. The fourth-order valence-corrected chi connectivity index (χ4v) is 12.4. The average molecular weight is 551 g/mol. The van der Waals surface area contributed by atoms with E-state index < -0.39 is 0 Å². The first-order valence-corrected chi connectivity index (χ1v) is 16.2. The molecular formula is C35H54N2O3. The number of aliphatic hydroxyl groups is 1. The van der Waals surface area contributed by atoms with Gasteiger partial charge in [-0.25, -0.2) is 14.3 Å². The Morgan fingerprint density at radius 3 is 2.42 bits per heavy atom. The van der Waals surface area contributed by atoms with Gasteiger partial charge in [0, 0.05) is 17.8 Å². The van der Waals surface area contributed by atoms with Crippen LogP contribution in [0.3, 0.4) is 0 Å². The second-order valence-corrected chi connectivity index (χ2v) is 16.3. The Labute approximate surface area is 242 Å². The number of aryl methyl sites for hydroxylation is 1. The fraction of sp³-hybridized carbons (Fsp3) is 0.829. The van der Waals surface area contributed by atoms with Crippen LogP contribution in [0.1, 0.15) is 112 Å². The zero-order valence-corrected chi connectivity index (χ0v) is 26.3. The van der Waals surface area contributed by atoms with Gasteiger partial charge in [0.25, 0.3) is 0 Å². The van der Waals surface area contributed by atoms with Crippen LogP contribution >= 0.6 is 0 Å². The van der Waals surface area contributed by atoms with Gasteiger partial charge in [0.15, 0.2) is 0 Å². The van der Waals surface area contributed by atoms with E-state index in [1.165, 1.54) is 48.7 Å². The number of fused-ring (bicyclic) bond motifs is 7. The van der Waals surface area contributed by atoms with E-state index >= 15 is 0 Å². The first-order chi connectivity index (χ1) is 18.7. The molecule has 5 saturated carbocycles. The summed E-state index contributed by atoms with van der Waals surface area (Å²) in [5.41, 5.74) is 2.19. The molecule has 5 aliphatic carbocycles. The summed E-state index contributed by atoms with van der Waals surface area (Å²) in [6.07, 6.45) is 14.7. The minimum Gasteiger partial charge on any atom is -0.448 e. The summed E-state index contributed by atoms with van der Waals surface area (Å²) in [5.74, 6) is 3.62. The third kappa shape index (κ3) is 3.67. The zero-order valence-electron chi connectivity index (χ0n) is 26.3. The van der Waals surface area contributed by atoms with Crippen LogP contribution < -0.4 is 0 Å². The number of carbonyl (C=O) groups is 1. The fourth-order valence-electron chi connectivity index (χ4n) is 12.4. The molecule has 0 aromatic carbocycles. The lowest BCUT2D eigenvalue weighted by molar-refractivity contribution is -0.249. The number of aliphatic hydroxyl groups excluding tert-OH is 1. The Morgan fingerprint density at radius 2 is 1.75 bits per heavy atom. The zero-order chi connectivity index (χ0) is 28.9. The molecule has 0 spiro atoms. The number of rotatable bonds is 3. The van der Waals surface area contributed by atoms with Crippen LogP contribution in [0.15, 0.2) is 24.5 Å². The molecule has 1 N–H and O–H groups in total. The van der Waals surface area contributed by atoms with Crippen LogP contribution in [0, 0.1) is 63.6 Å². The van der Waals surface area contributed by atoms with Crippen molar-refractivity contribution in [2.24, 2.45) is 56.7 Å². The van der Waals surface area contributed by atoms with Crippen LogP contribution in [0.5, 0.6) is 0 Å². The number of allylic oxidation sites excluding steroid dienone is 1. The van der Waals surface area contributed by atoms with Crippen LogP contribution in [0.2, 0.25) is 0 Å². The summed E-state index contributed by atoms with van der Waals surface area (Å²) < 4.78 is 7.67. The monoisotopic (exact) mass is 550 g/mol. The van der Waals surface area contributed by atoms with Crippen molar-refractivity contribution in [2.45, 2.75) is 119 Å². The van der Waals surface area contributed by atoms with Gasteiger partial charge in [0.2, 0.25) is 0 Å². The maximum Gasteiger partial charge on any atom is 0.419 e. The number of imidazole rings is 1.